The lowest BCUT2D eigenvalue weighted by Gasteiger charge is -2.37. The first kappa shape index (κ1) is 16.7. The van der Waals surface area contributed by atoms with Gasteiger partial charge >= 0.3 is 0 Å². The van der Waals surface area contributed by atoms with E-state index < -0.39 is 0 Å². The van der Waals surface area contributed by atoms with Gasteiger partial charge in [0, 0.05) is 6.42 Å². The number of ketones is 1. The summed E-state index contributed by atoms with van der Waals surface area (Å²) in [5.41, 5.74) is 0.447. The molecule has 2 heteroatoms. The highest BCUT2D eigenvalue weighted by atomic mass is 16.5. The van der Waals surface area contributed by atoms with Crippen molar-refractivity contribution in [2.45, 2.75) is 79.2 Å². The fourth-order valence-electron chi connectivity index (χ4n) is 3.04. The van der Waals surface area contributed by atoms with E-state index in [9.17, 15) is 4.79 Å². The van der Waals surface area contributed by atoms with E-state index in [1.807, 2.05) is 0 Å². The van der Waals surface area contributed by atoms with Crippen LogP contribution in [0, 0.1) is 17.3 Å². The third-order valence-corrected chi connectivity index (χ3v) is 4.41. The van der Waals surface area contributed by atoms with Gasteiger partial charge in [0.2, 0.25) is 0 Å². The summed E-state index contributed by atoms with van der Waals surface area (Å²) >= 11 is 0. The average molecular weight is 268 g/mol. The molecule has 0 bridgehead atoms. The van der Waals surface area contributed by atoms with Gasteiger partial charge in [0.25, 0.3) is 0 Å². The number of rotatable bonds is 7. The monoisotopic (exact) mass is 268 g/mol. The van der Waals surface area contributed by atoms with Crippen molar-refractivity contribution in [3.8, 4) is 0 Å². The van der Waals surface area contributed by atoms with Crippen LogP contribution in [0.25, 0.3) is 0 Å². The number of carbonyl (C=O) groups is 1. The fraction of sp³-hybridized carbons (Fsp3) is 0.941. The number of hydrogen-bond donors (Lipinski definition) is 0. The minimum absolute atomic E-state index is 0.225. The van der Waals surface area contributed by atoms with Gasteiger partial charge < -0.3 is 4.74 Å². The summed E-state index contributed by atoms with van der Waals surface area (Å²) < 4.78 is 5.82. The second-order valence-corrected chi connectivity index (χ2v) is 7.51. The van der Waals surface area contributed by atoms with Crippen LogP contribution in [0.1, 0.15) is 73.1 Å². The highest BCUT2D eigenvalue weighted by Gasteiger charge is 2.31. The van der Waals surface area contributed by atoms with Gasteiger partial charge in [0.15, 0.2) is 5.78 Å². The Balaban J connectivity index is 2.27. The van der Waals surface area contributed by atoms with Crippen LogP contribution < -0.4 is 0 Å². The third-order valence-electron chi connectivity index (χ3n) is 4.41. The summed E-state index contributed by atoms with van der Waals surface area (Å²) in [5, 5.41) is 0. The molecule has 0 aliphatic heterocycles. The van der Waals surface area contributed by atoms with Crippen molar-refractivity contribution in [2.24, 2.45) is 17.3 Å². The molecule has 1 saturated carbocycles. The molecule has 19 heavy (non-hydrogen) atoms. The van der Waals surface area contributed by atoms with Crippen molar-refractivity contribution in [3.63, 3.8) is 0 Å². The van der Waals surface area contributed by atoms with Gasteiger partial charge in [-0.25, -0.2) is 0 Å². The maximum absolute atomic E-state index is 11.7. The summed E-state index contributed by atoms with van der Waals surface area (Å²) in [6.07, 6.45) is 6.98. The van der Waals surface area contributed by atoms with Crippen LogP contribution in [-0.4, -0.2) is 18.5 Å². The molecule has 0 aromatic rings. The molecule has 0 saturated heterocycles. The normalized spacial score (nSPS) is 24.4. The Kier molecular flexibility index (Phi) is 6.52. The number of ether oxygens (including phenoxy) is 1. The molecule has 1 rings (SSSR count). The van der Waals surface area contributed by atoms with Gasteiger partial charge in [0.1, 0.15) is 6.61 Å². The zero-order valence-electron chi connectivity index (χ0n) is 13.5. The van der Waals surface area contributed by atoms with Crippen molar-refractivity contribution in [1.82, 2.24) is 0 Å². The molecule has 112 valence electrons. The first-order chi connectivity index (χ1) is 8.80. The highest BCUT2D eigenvalue weighted by molar-refractivity contribution is 5.79. The molecule has 2 atom stereocenters. The van der Waals surface area contributed by atoms with E-state index in [1.54, 1.807) is 0 Å². The second kappa shape index (κ2) is 7.42. The lowest BCUT2D eigenvalue weighted by Crippen LogP contribution is -2.31. The fourth-order valence-corrected chi connectivity index (χ4v) is 3.04. The summed E-state index contributed by atoms with van der Waals surface area (Å²) in [4.78, 5) is 11.7. The second-order valence-electron chi connectivity index (χ2n) is 7.51. The molecule has 2 nitrogen and oxygen atoms in total. The molecule has 0 aromatic heterocycles. The Labute approximate surface area is 119 Å². The Morgan fingerprint density at radius 1 is 1.32 bits per heavy atom. The predicted octanol–water partition coefficient (Wildman–Crippen LogP) is 4.61. The van der Waals surface area contributed by atoms with Crippen LogP contribution in [0.15, 0.2) is 0 Å². The van der Waals surface area contributed by atoms with Crippen LogP contribution >= 0.6 is 0 Å². The first-order valence-corrected chi connectivity index (χ1v) is 7.93. The van der Waals surface area contributed by atoms with Crippen molar-refractivity contribution >= 4 is 5.78 Å². The molecular weight excluding hydrogens is 236 g/mol. The number of Topliss-reactive ketones (excluding diaryl/α,β-unsaturated/α-hetero) is 1. The minimum atomic E-state index is 0.225. The standard InChI is InChI=1S/C17H32O2/c1-13(2)8-9-16(18)12-19-14(3)15-7-6-10-17(4,5)11-15/h13-15H,6-12H2,1-5H3. The van der Waals surface area contributed by atoms with Crippen molar-refractivity contribution in [3.05, 3.63) is 0 Å². The predicted molar refractivity (Wildman–Crippen MR) is 80.2 cm³/mol. The van der Waals surface area contributed by atoms with E-state index in [-0.39, 0.29) is 11.9 Å². The summed E-state index contributed by atoms with van der Waals surface area (Å²) in [5.74, 6) is 1.48. The Hall–Kier alpha value is -0.370. The quantitative estimate of drug-likeness (QED) is 0.674. The van der Waals surface area contributed by atoms with E-state index in [0.717, 1.165) is 6.42 Å². The molecule has 1 aliphatic carbocycles. The SMILES string of the molecule is CC(C)CCC(=O)COC(C)C1CCCC(C)(C)C1. The highest BCUT2D eigenvalue weighted by Crippen LogP contribution is 2.40. The lowest BCUT2D eigenvalue weighted by atomic mass is 9.71. The molecule has 0 radical (unpaired) electrons. The van der Waals surface area contributed by atoms with Crippen LogP contribution in [0.5, 0.6) is 0 Å². The lowest BCUT2D eigenvalue weighted by molar-refractivity contribution is -0.127. The molecule has 0 spiro atoms. The smallest absolute Gasteiger partial charge is 0.158 e. The van der Waals surface area contributed by atoms with E-state index in [1.165, 1.54) is 25.7 Å². The molecule has 1 aliphatic rings. The Morgan fingerprint density at radius 3 is 2.58 bits per heavy atom. The van der Waals surface area contributed by atoms with Crippen LogP contribution in [0.4, 0.5) is 0 Å². The molecule has 0 amide bonds. The van der Waals surface area contributed by atoms with Crippen molar-refractivity contribution in [1.29, 1.82) is 0 Å². The van der Waals surface area contributed by atoms with Gasteiger partial charge in [-0.1, -0.05) is 34.1 Å². The zero-order chi connectivity index (χ0) is 14.5. The zero-order valence-corrected chi connectivity index (χ0v) is 13.5. The van der Waals surface area contributed by atoms with Gasteiger partial charge in [-0.2, -0.15) is 0 Å². The van der Waals surface area contributed by atoms with Gasteiger partial charge in [-0.05, 0) is 49.9 Å². The van der Waals surface area contributed by atoms with Gasteiger partial charge in [-0.15, -0.1) is 0 Å². The van der Waals surface area contributed by atoms with Crippen LogP contribution in [0.3, 0.4) is 0 Å². The maximum atomic E-state index is 11.7. The van der Waals surface area contributed by atoms with E-state index in [0.29, 0.717) is 30.3 Å². The van der Waals surface area contributed by atoms with E-state index >= 15 is 0 Å². The van der Waals surface area contributed by atoms with Crippen molar-refractivity contribution < 1.29 is 9.53 Å². The summed E-state index contributed by atoms with van der Waals surface area (Å²) in [7, 11) is 0. The van der Waals surface area contributed by atoms with Gasteiger partial charge in [0.05, 0.1) is 6.10 Å². The van der Waals surface area contributed by atoms with Gasteiger partial charge in [-0.3, -0.25) is 4.79 Å². The average Bonchev–Trinajstić information content (AvgIpc) is 2.32. The molecule has 1 fully saturated rings. The molecule has 0 heterocycles. The largest absolute Gasteiger partial charge is 0.370 e. The van der Waals surface area contributed by atoms with E-state index in [4.69, 9.17) is 4.74 Å². The Bertz CT molecular complexity index is 281. The number of carbonyl (C=O) groups excluding carboxylic acids is 1. The molecule has 0 N–H and O–H groups in total. The van der Waals surface area contributed by atoms with Crippen LogP contribution in [-0.2, 0) is 9.53 Å². The van der Waals surface area contributed by atoms with Crippen molar-refractivity contribution in [2.75, 3.05) is 6.61 Å². The van der Waals surface area contributed by atoms with Crippen LogP contribution in [0.2, 0.25) is 0 Å². The first-order valence-electron chi connectivity index (χ1n) is 7.93. The summed E-state index contributed by atoms with van der Waals surface area (Å²) in [6, 6.07) is 0. The third kappa shape index (κ3) is 6.56. The molecular formula is C17H32O2. The minimum Gasteiger partial charge on any atom is -0.370 e. The topological polar surface area (TPSA) is 26.3 Å². The Morgan fingerprint density at radius 2 is 2.00 bits per heavy atom. The molecule has 0 aromatic carbocycles. The summed E-state index contributed by atoms with van der Waals surface area (Å²) in [6.45, 7) is 11.5. The molecule has 2 unspecified atom stereocenters. The van der Waals surface area contributed by atoms with E-state index in [2.05, 4.69) is 34.6 Å². The maximum Gasteiger partial charge on any atom is 0.158 e. The number of hydrogen-bond acceptors (Lipinski definition) is 2.